The van der Waals surface area contributed by atoms with Gasteiger partial charge in [-0.2, -0.15) is 5.26 Å². The highest BCUT2D eigenvalue weighted by Crippen LogP contribution is 2.44. The number of carboxylic acids is 1. The summed E-state index contributed by atoms with van der Waals surface area (Å²) in [6.07, 6.45) is 0.947. The van der Waals surface area contributed by atoms with Gasteiger partial charge in [0.25, 0.3) is 0 Å². The summed E-state index contributed by atoms with van der Waals surface area (Å²) in [4.78, 5) is 37.0. The Labute approximate surface area is 205 Å². The lowest BCUT2D eigenvalue weighted by Gasteiger charge is -2.23. The van der Waals surface area contributed by atoms with E-state index in [1.807, 2.05) is 48.5 Å². The van der Waals surface area contributed by atoms with E-state index < -0.39 is 30.1 Å². The molecule has 8 nitrogen and oxygen atoms in total. The van der Waals surface area contributed by atoms with E-state index in [1.54, 1.807) is 13.8 Å². The van der Waals surface area contributed by atoms with Gasteiger partial charge in [0, 0.05) is 12.3 Å². The van der Waals surface area contributed by atoms with Crippen molar-refractivity contribution < 1.29 is 24.2 Å². The molecule has 0 radical (unpaired) electrons. The number of nitrogens with one attached hydrogen (secondary N) is 2. The van der Waals surface area contributed by atoms with Crippen molar-refractivity contribution in [1.82, 2.24) is 10.6 Å². The van der Waals surface area contributed by atoms with E-state index >= 15 is 0 Å². The molecule has 0 spiro atoms. The lowest BCUT2D eigenvalue weighted by molar-refractivity contribution is -0.143. The molecule has 2 aromatic carbocycles. The first-order chi connectivity index (χ1) is 16.8. The third-order valence-corrected chi connectivity index (χ3v) is 6.21. The van der Waals surface area contributed by atoms with Crippen molar-refractivity contribution in [3.8, 4) is 17.2 Å². The molecule has 0 fully saturated rings. The standard InChI is InChI=1S/C27H31N3O5/c1-17(2)24(26(32)33)30-25(31)23(14-4-3-9-15-28)29-27(34)35-16-22-20-12-7-5-10-18(20)19-11-6-8-13-21(19)22/h5-8,10-13,17,22-24H,3-4,9,14,16H2,1-2H3,(H,29,34)(H,30,31)(H,32,33). The summed E-state index contributed by atoms with van der Waals surface area (Å²) in [5.41, 5.74) is 4.38. The first kappa shape index (κ1) is 25.8. The number of carbonyl (C=O) groups is 3. The van der Waals surface area contributed by atoms with Crippen molar-refractivity contribution >= 4 is 18.0 Å². The zero-order valence-corrected chi connectivity index (χ0v) is 20.0. The molecular weight excluding hydrogens is 446 g/mol. The quantitative estimate of drug-likeness (QED) is 0.416. The maximum atomic E-state index is 12.8. The molecule has 2 unspecified atom stereocenters. The number of rotatable bonds is 11. The molecule has 35 heavy (non-hydrogen) atoms. The Kier molecular flexibility index (Phi) is 8.85. The van der Waals surface area contributed by atoms with Gasteiger partial charge in [0.05, 0.1) is 6.07 Å². The number of ether oxygens (including phenoxy) is 1. The van der Waals surface area contributed by atoms with Crippen LogP contribution in [0.3, 0.4) is 0 Å². The van der Waals surface area contributed by atoms with Crippen molar-refractivity contribution in [3.05, 3.63) is 59.7 Å². The molecule has 0 aliphatic heterocycles. The Morgan fingerprint density at radius 1 is 1.00 bits per heavy atom. The molecule has 1 aliphatic carbocycles. The second-order valence-corrected chi connectivity index (χ2v) is 8.99. The van der Waals surface area contributed by atoms with Crippen LogP contribution in [0.15, 0.2) is 48.5 Å². The van der Waals surface area contributed by atoms with E-state index in [1.165, 1.54) is 0 Å². The number of hydrogen-bond donors (Lipinski definition) is 3. The van der Waals surface area contributed by atoms with Crippen LogP contribution in [-0.4, -0.2) is 41.8 Å². The molecule has 0 aromatic heterocycles. The summed E-state index contributed by atoms with van der Waals surface area (Å²) >= 11 is 0. The predicted octanol–water partition coefficient (Wildman–Crippen LogP) is 4.20. The Balaban J connectivity index is 1.66. The van der Waals surface area contributed by atoms with Crippen LogP contribution < -0.4 is 10.6 Å². The van der Waals surface area contributed by atoms with E-state index in [4.69, 9.17) is 10.00 Å². The maximum Gasteiger partial charge on any atom is 0.407 e. The molecule has 0 saturated heterocycles. The molecule has 2 atom stereocenters. The number of amides is 2. The molecule has 3 N–H and O–H groups in total. The minimum atomic E-state index is -1.14. The zero-order chi connectivity index (χ0) is 25.4. The van der Waals surface area contributed by atoms with Gasteiger partial charge in [0.1, 0.15) is 18.7 Å². The van der Waals surface area contributed by atoms with Gasteiger partial charge < -0.3 is 20.5 Å². The van der Waals surface area contributed by atoms with Crippen LogP contribution in [0, 0.1) is 17.2 Å². The maximum absolute atomic E-state index is 12.8. The number of carboxylic acid groups (broad SMARTS) is 1. The van der Waals surface area contributed by atoms with Gasteiger partial charge in [-0.3, -0.25) is 4.79 Å². The predicted molar refractivity (Wildman–Crippen MR) is 130 cm³/mol. The second kappa shape index (κ2) is 12.0. The first-order valence-electron chi connectivity index (χ1n) is 11.8. The molecule has 2 amide bonds. The number of hydrogen-bond acceptors (Lipinski definition) is 5. The van der Waals surface area contributed by atoms with Gasteiger partial charge >= 0.3 is 12.1 Å². The van der Waals surface area contributed by atoms with Gasteiger partial charge in [-0.1, -0.05) is 62.4 Å². The van der Waals surface area contributed by atoms with Crippen LogP contribution in [0.5, 0.6) is 0 Å². The normalized spacial score (nSPS) is 13.8. The summed E-state index contributed by atoms with van der Waals surface area (Å²) in [6, 6.07) is 16.0. The number of carbonyl (C=O) groups excluding carboxylic acids is 2. The van der Waals surface area contributed by atoms with E-state index in [0.29, 0.717) is 19.3 Å². The molecule has 8 heteroatoms. The van der Waals surface area contributed by atoms with Crippen molar-refractivity contribution in [1.29, 1.82) is 5.26 Å². The third kappa shape index (κ3) is 6.38. The molecular formula is C27H31N3O5. The Hall–Kier alpha value is -3.86. The molecule has 0 saturated carbocycles. The fraction of sp³-hybridized carbons (Fsp3) is 0.407. The third-order valence-electron chi connectivity index (χ3n) is 6.21. The van der Waals surface area contributed by atoms with Crippen molar-refractivity contribution in [2.75, 3.05) is 6.61 Å². The molecule has 3 rings (SSSR count). The summed E-state index contributed by atoms with van der Waals surface area (Å²) < 4.78 is 5.55. The smallest absolute Gasteiger partial charge is 0.407 e. The second-order valence-electron chi connectivity index (χ2n) is 8.99. The van der Waals surface area contributed by atoms with Crippen LogP contribution >= 0.6 is 0 Å². The number of alkyl carbamates (subject to hydrolysis) is 1. The van der Waals surface area contributed by atoms with Crippen molar-refractivity contribution in [2.45, 2.75) is 57.5 Å². The minimum Gasteiger partial charge on any atom is -0.480 e. The van der Waals surface area contributed by atoms with Crippen molar-refractivity contribution in [3.63, 3.8) is 0 Å². The highest BCUT2D eigenvalue weighted by Gasteiger charge is 2.31. The van der Waals surface area contributed by atoms with Gasteiger partial charge in [0.15, 0.2) is 0 Å². The number of unbranched alkanes of at least 4 members (excludes halogenated alkanes) is 2. The number of nitriles is 1. The summed E-state index contributed by atoms with van der Waals surface area (Å²) in [5.74, 6) is -2.17. The van der Waals surface area contributed by atoms with Crippen molar-refractivity contribution in [2.24, 2.45) is 5.92 Å². The van der Waals surface area contributed by atoms with E-state index in [0.717, 1.165) is 22.3 Å². The SMILES string of the molecule is CC(C)C(NC(=O)C(CCCCC#N)NC(=O)OCC1c2ccccc2-c2ccccc21)C(=O)O. The Morgan fingerprint density at radius 3 is 2.14 bits per heavy atom. The Morgan fingerprint density at radius 2 is 1.60 bits per heavy atom. The lowest BCUT2D eigenvalue weighted by atomic mass is 9.98. The molecule has 2 aromatic rings. The average Bonchev–Trinajstić information content (AvgIpc) is 3.16. The van der Waals surface area contributed by atoms with Gasteiger partial charge in [-0.15, -0.1) is 0 Å². The minimum absolute atomic E-state index is 0.104. The van der Waals surface area contributed by atoms with Crippen LogP contribution in [0.25, 0.3) is 11.1 Å². The molecule has 184 valence electrons. The van der Waals surface area contributed by atoms with E-state index in [9.17, 15) is 19.5 Å². The molecule has 0 bridgehead atoms. The molecule has 0 heterocycles. The summed E-state index contributed by atoms with van der Waals surface area (Å²) in [5, 5.41) is 23.3. The zero-order valence-electron chi connectivity index (χ0n) is 20.0. The Bertz CT molecular complexity index is 1060. The topological polar surface area (TPSA) is 129 Å². The fourth-order valence-electron chi connectivity index (χ4n) is 4.37. The monoisotopic (exact) mass is 477 g/mol. The first-order valence-corrected chi connectivity index (χ1v) is 11.8. The number of fused-ring (bicyclic) bond motifs is 3. The van der Waals surface area contributed by atoms with E-state index in [2.05, 4.69) is 16.7 Å². The van der Waals surface area contributed by atoms with Crippen LogP contribution in [0.4, 0.5) is 4.79 Å². The number of aliphatic carboxylic acids is 1. The number of benzene rings is 2. The summed E-state index contributed by atoms with van der Waals surface area (Å²) in [6.45, 7) is 3.49. The van der Waals surface area contributed by atoms with Gasteiger partial charge in [0.2, 0.25) is 5.91 Å². The van der Waals surface area contributed by atoms with Gasteiger partial charge in [-0.05, 0) is 47.4 Å². The van der Waals surface area contributed by atoms with Crippen LogP contribution in [0.1, 0.15) is 56.6 Å². The molecule has 1 aliphatic rings. The van der Waals surface area contributed by atoms with Crippen LogP contribution in [-0.2, 0) is 14.3 Å². The largest absolute Gasteiger partial charge is 0.480 e. The highest BCUT2D eigenvalue weighted by molar-refractivity contribution is 5.89. The fourth-order valence-corrected chi connectivity index (χ4v) is 4.37. The summed E-state index contributed by atoms with van der Waals surface area (Å²) in [7, 11) is 0. The average molecular weight is 478 g/mol. The lowest BCUT2D eigenvalue weighted by Crippen LogP contribution is -2.53. The van der Waals surface area contributed by atoms with E-state index in [-0.39, 0.29) is 24.9 Å². The van der Waals surface area contributed by atoms with Crippen LogP contribution in [0.2, 0.25) is 0 Å². The highest BCUT2D eigenvalue weighted by atomic mass is 16.5. The van der Waals surface area contributed by atoms with Gasteiger partial charge in [-0.25, -0.2) is 9.59 Å². The number of nitrogens with zero attached hydrogens (tertiary/aromatic N) is 1.